The molecule has 2 aliphatic heterocycles. The number of amides is 1. The third-order valence-corrected chi connectivity index (χ3v) is 5.64. The van der Waals surface area contributed by atoms with Gasteiger partial charge in [0.05, 0.1) is 11.6 Å². The highest BCUT2D eigenvalue weighted by atomic mass is 16.6. The van der Waals surface area contributed by atoms with Gasteiger partial charge in [-0.05, 0) is 53.6 Å². The second-order valence-electron chi connectivity index (χ2n) is 7.74. The van der Waals surface area contributed by atoms with E-state index in [9.17, 15) is 19.8 Å². The highest BCUT2D eigenvalue weighted by Crippen LogP contribution is 2.42. The minimum Gasteiger partial charge on any atom is -0.508 e. The Hall–Kier alpha value is -4.33. The molecule has 1 unspecified atom stereocenters. The average molecular weight is 444 g/mol. The van der Waals surface area contributed by atoms with Gasteiger partial charge in [0, 0.05) is 24.5 Å². The summed E-state index contributed by atoms with van der Waals surface area (Å²) in [7, 11) is 0. The lowest BCUT2D eigenvalue weighted by molar-refractivity contribution is -0.140. The Labute approximate surface area is 189 Å². The van der Waals surface area contributed by atoms with Crippen LogP contribution in [-0.2, 0) is 16.1 Å². The van der Waals surface area contributed by atoms with Crippen LogP contribution in [0.2, 0.25) is 0 Å². The molecule has 2 N–H and O–H groups in total. The average Bonchev–Trinajstić information content (AvgIpc) is 3.09. The van der Waals surface area contributed by atoms with Crippen LogP contribution in [0.25, 0.3) is 5.76 Å². The lowest BCUT2D eigenvalue weighted by atomic mass is 9.95. The van der Waals surface area contributed by atoms with Gasteiger partial charge in [0.2, 0.25) is 0 Å². The zero-order valence-corrected chi connectivity index (χ0v) is 17.5. The molecule has 33 heavy (non-hydrogen) atoms. The first-order valence-electron chi connectivity index (χ1n) is 10.4. The van der Waals surface area contributed by atoms with Gasteiger partial charge in [-0.3, -0.25) is 14.6 Å². The quantitative estimate of drug-likeness (QED) is 0.361. The van der Waals surface area contributed by atoms with Crippen LogP contribution in [0.5, 0.6) is 17.2 Å². The number of rotatable bonds is 4. The molecule has 5 rings (SSSR count). The molecule has 1 atom stereocenters. The summed E-state index contributed by atoms with van der Waals surface area (Å²) in [5.41, 5.74) is 1.54. The lowest BCUT2D eigenvalue weighted by Crippen LogP contribution is -2.29. The van der Waals surface area contributed by atoms with Gasteiger partial charge < -0.3 is 24.6 Å². The SMILES string of the molecule is O=C1C(=O)N(Cc2ccncc2)C(c2cccc(O)c2)/C1=C(/O)c1ccc2c(c1)OCCO2. The number of aromatic nitrogens is 1. The summed E-state index contributed by atoms with van der Waals surface area (Å²) in [5.74, 6) is -0.882. The van der Waals surface area contributed by atoms with Crippen LogP contribution in [0.3, 0.4) is 0 Å². The molecular formula is C25H20N2O6. The molecule has 8 heteroatoms. The maximum atomic E-state index is 13.1. The number of ether oxygens (including phenoxy) is 2. The Balaban J connectivity index is 1.64. The first kappa shape index (κ1) is 20.6. The molecule has 8 nitrogen and oxygen atoms in total. The van der Waals surface area contributed by atoms with Gasteiger partial charge in [0.1, 0.15) is 24.7 Å². The van der Waals surface area contributed by atoms with Crippen molar-refractivity contribution in [3.8, 4) is 17.2 Å². The number of pyridine rings is 1. The Morgan fingerprint density at radius 1 is 1.00 bits per heavy atom. The number of carbonyl (C=O) groups excluding carboxylic acids is 2. The number of hydrogen-bond donors (Lipinski definition) is 2. The number of phenolic OH excluding ortho intramolecular Hbond substituents is 1. The molecule has 0 aliphatic carbocycles. The van der Waals surface area contributed by atoms with Crippen molar-refractivity contribution < 1.29 is 29.3 Å². The Morgan fingerprint density at radius 2 is 1.76 bits per heavy atom. The lowest BCUT2D eigenvalue weighted by Gasteiger charge is -2.25. The zero-order chi connectivity index (χ0) is 22.9. The van der Waals surface area contributed by atoms with Crippen molar-refractivity contribution in [2.24, 2.45) is 0 Å². The number of nitrogens with zero attached hydrogens (tertiary/aromatic N) is 2. The minimum absolute atomic E-state index is 0.0127. The molecule has 1 fully saturated rings. The summed E-state index contributed by atoms with van der Waals surface area (Å²) < 4.78 is 11.1. The monoisotopic (exact) mass is 444 g/mol. The molecule has 2 aromatic carbocycles. The fourth-order valence-corrected chi connectivity index (χ4v) is 4.12. The second kappa shape index (κ2) is 8.31. The number of aliphatic hydroxyl groups excluding tert-OH is 1. The van der Waals surface area contributed by atoms with E-state index in [0.717, 1.165) is 5.56 Å². The number of likely N-dealkylation sites (tertiary alicyclic amines) is 1. The summed E-state index contributed by atoms with van der Waals surface area (Å²) in [6.45, 7) is 0.929. The third-order valence-electron chi connectivity index (χ3n) is 5.64. The molecule has 0 saturated carbocycles. The maximum absolute atomic E-state index is 13.1. The molecule has 1 amide bonds. The molecule has 1 aromatic heterocycles. The zero-order valence-electron chi connectivity index (χ0n) is 17.5. The molecule has 0 radical (unpaired) electrons. The van der Waals surface area contributed by atoms with Crippen molar-refractivity contribution in [3.63, 3.8) is 0 Å². The van der Waals surface area contributed by atoms with E-state index in [1.54, 1.807) is 54.9 Å². The van der Waals surface area contributed by atoms with Crippen molar-refractivity contribution in [1.82, 2.24) is 9.88 Å². The van der Waals surface area contributed by atoms with E-state index in [1.807, 2.05) is 0 Å². The Kier molecular flexibility index (Phi) is 5.18. The van der Waals surface area contributed by atoms with Crippen molar-refractivity contribution in [3.05, 3.63) is 89.3 Å². The van der Waals surface area contributed by atoms with Crippen LogP contribution in [0.15, 0.2) is 72.6 Å². The van der Waals surface area contributed by atoms with E-state index in [1.165, 1.54) is 17.0 Å². The number of Topliss-reactive ketones (excluding diaryl/α,β-unsaturated/α-hetero) is 1. The van der Waals surface area contributed by atoms with E-state index in [4.69, 9.17) is 9.47 Å². The van der Waals surface area contributed by atoms with Gasteiger partial charge in [-0.15, -0.1) is 0 Å². The van der Waals surface area contributed by atoms with Gasteiger partial charge >= 0.3 is 0 Å². The van der Waals surface area contributed by atoms with Crippen LogP contribution in [-0.4, -0.2) is 45.0 Å². The number of carbonyl (C=O) groups is 2. The number of benzene rings is 2. The highest BCUT2D eigenvalue weighted by molar-refractivity contribution is 6.46. The molecule has 0 spiro atoms. The van der Waals surface area contributed by atoms with Crippen LogP contribution in [0.4, 0.5) is 0 Å². The number of aliphatic hydroxyl groups is 1. The van der Waals surface area contributed by atoms with Gasteiger partial charge in [-0.1, -0.05) is 12.1 Å². The fourth-order valence-electron chi connectivity index (χ4n) is 4.12. The first-order chi connectivity index (χ1) is 16.0. The van der Waals surface area contributed by atoms with Gasteiger partial charge in [-0.2, -0.15) is 0 Å². The molecule has 1 saturated heterocycles. The van der Waals surface area contributed by atoms with E-state index in [2.05, 4.69) is 4.98 Å². The second-order valence-corrected chi connectivity index (χ2v) is 7.74. The van der Waals surface area contributed by atoms with Gasteiger partial charge in [0.25, 0.3) is 11.7 Å². The van der Waals surface area contributed by atoms with Crippen molar-refractivity contribution in [1.29, 1.82) is 0 Å². The number of hydrogen-bond acceptors (Lipinski definition) is 7. The predicted octanol–water partition coefficient (Wildman–Crippen LogP) is 3.18. The van der Waals surface area contributed by atoms with E-state index in [0.29, 0.717) is 35.8 Å². The fraction of sp³-hybridized carbons (Fsp3) is 0.160. The topological polar surface area (TPSA) is 109 Å². The minimum atomic E-state index is -0.890. The summed E-state index contributed by atoms with van der Waals surface area (Å²) in [6.07, 6.45) is 3.20. The molecule has 3 heterocycles. The normalized spacial score (nSPS) is 19.0. The maximum Gasteiger partial charge on any atom is 0.295 e. The van der Waals surface area contributed by atoms with Gasteiger partial charge in [-0.25, -0.2) is 0 Å². The van der Waals surface area contributed by atoms with Crippen molar-refractivity contribution >= 4 is 17.4 Å². The summed E-state index contributed by atoms with van der Waals surface area (Å²) >= 11 is 0. The highest BCUT2D eigenvalue weighted by Gasteiger charge is 2.46. The molecule has 0 bridgehead atoms. The van der Waals surface area contributed by atoms with E-state index in [-0.39, 0.29) is 23.6 Å². The van der Waals surface area contributed by atoms with Crippen LogP contribution >= 0.6 is 0 Å². The van der Waals surface area contributed by atoms with Crippen LogP contribution < -0.4 is 9.47 Å². The van der Waals surface area contributed by atoms with Crippen LogP contribution in [0.1, 0.15) is 22.7 Å². The molecular weight excluding hydrogens is 424 g/mol. The largest absolute Gasteiger partial charge is 0.508 e. The summed E-state index contributed by atoms with van der Waals surface area (Å²) in [5, 5.41) is 21.3. The standard InChI is InChI=1S/C25H20N2O6/c28-18-3-1-2-16(12-18)22-21(23(29)17-4-5-19-20(13-17)33-11-10-32-19)24(30)25(31)27(22)14-15-6-8-26-9-7-15/h1-9,12-13,22,28-29H,10-11,14H2/b23-21-. The predicted molar refractivity (Wildman–Crippen MR) is 118 cm³/mol. The molecule has 2 aliphatic rings. The van der Waals surface area contributed by atoms with Crippen LogP contribution in [0, 0.1) is 0 Å². The summed E-state index contributed by atoms with van der Waals surface area (Å²) in [6, 6.07) is 13.8. The van der Waals surface area contributed by atoms with E-state index < -0.39 is 17.7 Å². The van der Waals surface area contributed by atoms with Crippen molar-refractivity contribution in [2.75, 3.05) is 13.2 Å². The number of phenols is 1. The smallest absolute Gasteiger partial charge is 0.295 e. The summed E-state index contributed by atoms with van der Waals surface area (Å²) in [4.78, 5) is 31.6. The number of aromatic hydroxyl groups is 1. The number of ketones is 1. The number of fused-ring (bicyclic) bond motifs is 1. The van der Waals surface area contributed by atoms with Gasteiger partial charge in [0.15, 0.2) is 11.5 Å². The third kappa shape index (κ3) is 3.76. The Bertz CT molecular complexity index is 1270. The first-order valence-corrected chi connectivity index (χ1v) is 10.4. The van der Waals surface area contributed by atoms with Crippen molar-refractivity contribution in [2.45, 2.75) is 12.6 Å². The molecule has 3 aromatic rings. The van der Waals surface area contributed by atoms with E-state index >= 15 is 0 Å². The molecule has 166 valence electrons. The Morgan fingerprint density at radius 3 is 2.52 bits per heavy atom.